The van der Waals surface area contributed by atoms with E-state index >= 15 is 0 Å². The topological polar surface area (TPSA) is 108 Å². The van der Waals surface area contributed by atoms with Crippen molar-refractivity contribution in [2.24, 2.45) is 11.8 Å². The van der Waals surface area contributed by atoms with Gasteiger partial charge in [-0.05, 0) is 13.3 Å². The monoisotopic (exact) mass is 392 g/mol. The number of carboxylic acids is 1. The normalized spacial score (nSPS) is 34.0. The predicted molar refractivity (Wildman–Crippen MR) is 99.6 cm³/mol. The number of β-lactam (4-membered cyclic amide) rings is 1. The van der Waals surface area contributed by atoms with E-state index < -0.39 is 18.0 Å². The number of imidazole rings is 1. The van der Waals surface area contributed by atoms with Crippen molar-refractivity contribution in [2.45, 2.75) is 50.3 Å². The van der Waals surface area contributed by atoms with Crippen LogP contribution in [-0.2, 0) is 16.1 Å². The molecule has 0 spiro atoms. The third kappa shape index (κ3) is 3.07. The van der Waals surface area contributed by atoms with Crippen LogP contribution in [0, 0.1) is 11.8 Å². The Morgan fingerprint density at radius 2 is 2.30 bits per heavy atom. The van der Waals surface area contributed by atoms with E-state index in [0.29, 0.717) is 6.04 Å². The fourth-order valence-corrected chi connectivity index (χ4v) is 6.04. The molecule has 3 N–H and O–H groups in total. The maximum atomic E-state index is 12.4. The molecule has 1 amide bonds. The second-order valence-electron chi connectivity index (χ2n) is 7.61. The van der Waals surface area contributed by atoms with E-state index in [2.05, 4.69) is 10.3 Å². The van der Waals surface area contributed by atoms with E-state index in [4.69, 9.17) is 0 Å². The molecule has 0 bridgehead atoms. The van der Waals surface area contributed by atoms with Crippen molar-refractivity contribution < 1.29 is 19.8 Å². The highest BCUT2D eigenvalue weighted by molar-refractivity contribution is 8.03. The van der Waals surface area contributed by atoms with Crippen molar-refractivity contribution in [3.05, 3.63) is 29.3 Å². The summed E-state index contributed by atoms with van der Waals surface area (Å²) < 4.78 is 2.03. The molecule has 2 fully saturated rings. The fourth-order valence-electron chi connectivity index (χ4n) is 4.52. The van der Waals surface area contributed by atoms with Gasteiger partial charge in [-0.2, -0.15) is 0 Å². The van der Waals surface area contributed by atoms with Crippen molar-refractivity contribution in [1.82, 2.24) is 19.8 Å². The van der Waals surface area contributed by atoms with Gasteiger partial charge >= 0.3 is 5.97 Å². The molecule has 27 heavy (non-hydrogen) atoms. The van der Waals surface area contributed by atoms with Crippen molar-refractivity contribution in [2.75, 3.05) is 6.54 Å². The average Bonchev–Trinajstić information content (AvgIpc) is 3.30. The zero-order valence-electron chi connectivity index (χ0n) is 15.3. The van der Waals surface area contributed by atoms with Gasteiger partial charge in [0.05, 0.1) is 24.4 Å². The van der Waals surface area contributed by atoms with E-state index in [1.165, 1.54) is 4.90 Å². The lowest BCUT2D eigenvalue weighted by Gasteiger charge is -2.46. The number of aliphatic hydroxyl groups excluding tert-OH is 1. The first-order valence-corrected chi connectivity index (χ1v) is 10.1. The largest absolute Gasteiger partial charge is 0.477 e. The molecule has 3 aliphatic heterocycles. The zero-order chi connectivity index (χ0) is 19.3. The summed E-state index contributed by atoms with van der Waals surface area (Å²) in [6.07, 6.45) is 5.63. The van der Waals surface area contributed by atoms with Crippen LogP contribution in [0.15, 0.2) is 29.3 Å². The van der Waals surface area contributed by atoms with Gasteiger partial charge < -0.3 is 25.0 Å². The number of thioether (sulfide) groups is 1. The maximum Gasteiger partial charge on any atom is 0.353 e. The number of carboxylic acid groups (broad SMARTS) is 1. The molecule has 0 saturated carbocycles. The minimum Gasteiger partial charge on any atom is -0.477 e. The van der Waals surface area contributed by atoms with Gasteiger partial charge in [-0.1, -0.05) is 6.92 Å². The number of aliphatic carboxylic acids is 1. The number of aromatic nitrogens is 2. The summed E-state index contributed by atoms with van der Waals surface area (Å²) >= 11 is 1.57. The van der Waals surface area contributed by atoms with Gasteiger partial charge in [-0.3, -0.25) is 4.79 Å². The van der Waals surface area contributed by atoms with Crippen LogP contribution in [0.25, 0.3) is 0 Å². The number of nitrogens with one attached hydrogen (secondary N) is 1. The summed E-state index contributed by atoms with van der Waals surface area (Å²) in [7, 11) is 0. The molecule has 8 nitrogen and oxygen atoms in total. The number of aliphatic hydroxyl groups is 1. The number of nitrogens with zero attached hydrogens (tertiary/aromatic N) is 3. The number of carbonyl (C=O) groups is 2. The third-order valence-corrected chi connectivity index (χ3v) is 7.29. The molecule has 4 heterocycles. The van der Waals surface area contributed by atoms with Crippen LogP contribution in [0.2, 0.25) is 0 Å². The van der Waals surface area contributed by atoms with Gasteiger partial charge in [0.25, 0.3) is 0 Å². The molecular formula is C18H24N4O4S. The molecule has 0 aliphatic carbocycles. The highest BCUT2D eigenvalue weighted by atomic mass is 32.2. The number of hydrogen-bond donors (Lipinski definition) is 3. The Balaban J connectivity index is 1.48. The lowest BCUT2D eigenvalue weighted by atomic mass is 9.79. The SMILES string of the molecule is C[C@@H](O)[C@H]1C(=O)N2C(C(=O)O)=C(S[C@@H]3CN[C@H](Cn4ccnc4)C3)[C@H](C)[C@H]12. The Hall–Kier alpha value is -1.84. The molecule has 6 atom stereocenters. The summed E-state index contributed by atoms with van der Waals surface area (Å²) in [5, 5.41) is 23.4. The van der Waals surface area contributed by atoms with Crippen LogP contribution in [0.3, 0.4) is 0 Å². The van der Waals surface area contributed by atoms with Crippen molar-refractivity contribution in [3.63, 3.8) is 0 Å². The number of carbonyl (C=O) groups excluding carboxylic acids is 1. The second-order valence-corrected chi connectivity index (χ2v) is 8.95. The Labute approximate surface area is 161 Å². The fraction of sp³-hybridized carbons (Fsp3) is 0.611. The van der Waals surface area contributed by atoms with Crippen LogP contribution in [0.1, 0.15) is 20.3 Å². The Kier molecular flexibility index (Phi) is 4.77. The summed E-state index contributed by atoms with van der Waals surface area (Å²) in [4.78, 5) is 30.5. The summed E-state index contributed by atoms with van der Waals surface area (Å²) in [6, 6.07) is 0.0633. The molecule has 2 saturated heterocycles. The quantitative estimate of drug-likeness (QED) is 0.605. The van der Waals surface area contributed by atoms with Crippen molar-refractivity contribution >= 4 is 23.6 Å². The van der Waals surface area contributed by atoms with Crippen LogP contribution in [-0.4, -0.2) is 66.5 Å². The predicted octanol–water partition coefficient (Wildman–Crippen LogP) is 0.501. The zero-order valence-corrected chi connectivity index (χ0v) is 16.1. The molecule has 0 unspecified atom stereocenters. The van der Waals surface area contributed by atoms with E-state index in [-0.39, 0.29) is 28.8 Å². The van der Waals surface area contributed by atoms with Crippen LogP contribution >= 0.6 is 11.8 Å². The van der Waals surface area contributed by atoms with Crippen LogP contribution in [0.4, 0.5) is 0 Å². The maximum absolute atomic E-state index is 12.4. The first kappa shape index (κ1) is 18.5. The number of fused-ring (bicyclic) bond motifs is 1. The number of rotatable bonds is 6. The van der Waals surface area contributed by atoms with Gasteiger partial charge in [0.2, 0.25) is 5.91 Å². The van der Waals surface area contributed by atoms with Gasteiger partial charge in [0.1, 0.15) is 5.70 Å². The second kappa shape index (κ2) is 6.96. The molecule has 1 aromatic rings. The Morgan fingerprint density at radius 3 is 2.93 bits per heavy atom. The van der Waals surface area contributed by atoms with Gasteiger partial charge in [0, 0.05) is 47.6 Å². The van der Waals surface area contributed by atoms with E-state index in [1.807, 2.05) is 17.7 Å². The number of amides is 1. The number of hydrogen-bond acceptors (Lipinski definition) is 6. The molecular weight excluding hydrogens is 368 g/mol. The van der Waals surface area contributed by atoms with Gasteiger partial charge in [-0.15, -0.1) is 11.8 Å². The van der Waals surface area contributed by atoms with Gasteiger partial charge in [-0.25, -0.2) is 9.78 Å². The Morgan fingerprint density at radius 1 is 1.52 bits per heavy atom. The average molecular weight is 392 g/mol. The van der Waals surface area contributed by atoms with Crippen molar-refractivity contribution in [1.29, 1.82) is 0 Å². The third-order valence-electron chi connectivity index (χ3n) is 5.78. The molecule has 4 rings (SSSR count). The minimum atomic E-state index is -1.06. The van der Waals surface area contributed by atoms with Gasteiger partial charge in [0.15, 0.2) is 0 Å². The van der Waals surface area contributed by atoms with E-state index in [1.54, 1.807) is 31.2 Å². The molecule has 1 aromatic heterocycles. The minimum absolute atomic E-state index is 0.0777. The van der Waals surface area contributed by atoms with Crippen LogP contribution in [0.5, 0.6) is 0 Å². The standard InChI is InChI=1S/C18H24N4O4S/c1-9-14-13(10(2)23)17(24)22(14)15(18(25)26)16(9)27-12-5-11(20-6-12)7-21-4-3-19-8-21/h3-4,8-14,20,23H,5-7H2,1-2H3,(H,25,26)/t9-,10-,11+,12+,13-,14-/m1/s1. The first-order chi connectivity index (χ1) is 12.9. The van der Waals surface area contributed by atoms with E-state index in [0.717, 1.165) is 24.4 Å². The summed E-state index contributed by atoms with van der Waals surface area (Å²) in [5.74, 6) is -1.93. The molecule has 0 aromatic carbocycles. The molecule has 146 valence electrons. The Bertz CT molecular complexity index is 778. The summed E-state index contributed by atoms with van der Waals surface area (Å²) in [6.45, 7) is 5.18. The smallest absolute Gasteiger partial charge is 0.353 e. The summed E-state index contributed by atoms with van der Waals surface area (Å²) in [5.41, 5.74) is 0.109. The van der Waals surface area contributed by atoms with E-state index in [9.17, 15) is 19.8 Å². The highest BCUT2D eigenvalue weighted by Crippen LogP contribution is 2.51. The lowest BCUT2D eigenvalue weighted by molar-refractivity contribution is -0.163. The lowest BCUT2D eigenvalue weighted by Crippen LogP contribution is -2.63. The highest BCUT2D eigenvalue weighted by Gasteiger charge is 2.60. The van der Waals surface area contributed by atoms with Crippen molar-refractivity contribution in [3.8, 4) is 0 Å². The molecule has 3 aliphatic rings. The first-order valence-electron chi connectivity index (χ1n) is 9.22. The van der Waals surface area contributed by atoms with Crippen LogP contribution < -0.4 is 5.32 Å². The molecule has 0 radical (unpaired) electrons. The molecule has 9 heteroatoms.